The van der Waals surface area contributed by atoms with Crippen LogP contribution in [0, 0.1) is 0 Å². The lowest BCUT2D eigenvalue weighted by Crippen LogP contribution is -2.22. The van der Waals surface area contributed by atoms with Gasteiger partial charge in [-0.2, -0.15) is 0 Å². The number of rotatable bonds is 0. The number of anilines is 3. The van der Waals surface area contributed by atoms with Gasteiger partial charge >= 0.3 is 0 Å². The molecule has 1 nitrogen and oxygen atoms in total. The summed E-state index contributed by atoms with van der Waals surface area (Å²) in [4.78, 5) is 7.96. The Morgan fingerprint density at radius 3 is 1.21 bits per heavy atom. The van der Waals surface area contributed by atoms with Crippen LogP contribution in [0.15, 0.2) is 68.1 Å². The summed E-state index contributed by atoms with van der Waals surface area (Å²) in [5.41, 5.74) is 8.51. The molecule has 0 fully saturated rings. The van der Waals surface area contributed by atoms with Crippen molar-refractivity contribution >= 4 is 40.6 Å². The molecule has 0 aliphatic carbocycles. The largest absolute Gasteiger partial charge is 0.306 e. The topological polar surface area (TPSA) is 3.24 Å². The van der Waals surface area contributed by atoms with Crippen LogP contribution >= 0.6 is 23.5 Å². The third kappa shape index (κ3) is 3.91. The van der Waals surface area contributed by atoms with Crippen LogP contribution in [0.25, 0.3) is 0 Å². The summed E-state index contributed by atoms with van der Waals surface area (Å²) in [5, 5.41) is 0. The van der Waals surface area contributed by atoms with E-state index in [2.05, 4.69) is 116 Å². The smallest absolute Gasteiger partial charge is 0.0741 e. The number of fused-ring (bicyclic) bond motifs is 4. The molecule has 5 rings (SSSR count). The predicted octanol–water partition coefficient (Wildman–Crippen LogP) is 9.98. The number of hydrogen-bond acceptors (Lipinski definition) is 3. The molecule has 0 radical (unpaired) electrons. The Kier molecular flexibility index (Phi) is 5.09. The zero-order valence-electron chi connectivity index (χ0n) is 21.4. The van der Waals surface area contributed by atoms with Crippen LogP contribution < -0.4 is 4.90 Å². The molecule has 33 heavy (non-hydrogen) atoms. The lowest BCUT2D eigenvalue weighted by atomic mass is 9.86. The molecule has 0 atom stereocenters. The summed E-state index contributed by atoms with van der Waals surface area (Å²) < 4.78 is 0. The lowest BCUT2D eigenvalue weighted by Gasteiger charge is -2.40. The highest BCUT2D eigenvalue weighted by atomic mass is 32.2. The van der Waals surface area contributed by atoms with Crippen LogP contribution in [0.3, 0.4) is 0 Å². The van der Waals surface area contributed by atoms with E-state index >= 15 is 0 Å². The molecular weight excluding hydrogens is 438 g/mol. The Morgan fingerprint density at radius 2 is 0.848 bits per heavy atom. The first kappa shape index (κ1) is 22.9. The Labute approximate surface area is 208 Å². The maximum absolute atomic E-state index is 2.52. The first-order chi connectivity index (χ1) is 15.2. The zero-order valence-corrected chi connectivity index (χ0v) is 23.0. The van der Waals surface area contributed by atoms with Gasteiger partial charge in [0.2, 0.25) is 0 Å². The van der Waals surface area contributed by atoms with Crippen molar-refractivity contribution in [1.29, 1.82) is 0 Å². The summed E-state index contributed by atoms with van der Waals surface area (Å²) >= 11 is 3.87. The summed E-state index contributed by atoms with van der Waals surface area (Å²) in [5.74, 6) is 0. The van der Waals surface area contributed by atoms with Gasteiger partial charge in [0.1, 0.15) is 0 Å². The van der Waals surface area contributed by atoms with Crippen LogP contribution in [0.1, 0.15) is 79.0 Å². The Balaban J connectivity index is 1.77. The van der Waals surface area contributed by atoms with E-state index in [0.29, 0.717) is 0 Å². The summed E-state index contributed by atoms with van der Waals surface area (Å²) in [7, 11) is 0. The molecule has 3 aromatic carbocycles. The molecule has 0 N–H and O–H groups in total. The first-order valence-electron chi connectivity index (χ1n) is 11.9. The van der Waals surface area contributed by atoms with Gasteiger partial charge in [-0.15, -0.1) is 0 Å². The monoisotopic (exact) mass is 473 g/mol. The minimum absolute atomic E-state index is 0.110. The second-order valence-electron chi connectivity index (χ2n) is 12.5. The maximum Gasteiger partial charge on any atom is 0.0741 e. The molecule has 0 unspecified atom stereocenters. The molecule has 2 aliphatic heterocycles. The second-order valence-corrected chi connectivity index (χ2v) is 14.6. The summed E-state index contributed by atoms with van der Waals surface area (Å²) in [6.07, 6.45) is 0. The van der Waals surface area contributed by atoms with Crippen LogP contribution in [0.4, 0.5) is 17.1 Å². The van der Waals surface area contributed by atoms with Gasteiger partial charge < -0.3 is 4.90 Å². The van der Waals surface area contributed by atoms with E-state index in [0.717, 1.165) is 0 Å². The standard InChI is InChI=1S/C30H35NS2/c1-28(2,3)18-10-12-21-23(14-18)32-25-16-20(30(7,8)9)17-26-27(25)31(21)22-13-11-19(29(4,5)6)15-24(22)33-26/h10-17H,1-9H3. The van der Waals surface area contributed by atoms with Crippen LogP contribution in [-0.4, -0.2) is 0 Å². The zero-order chi connectivity index (χ0) is 23.9. The van der Waals surface area contributed by atoms with Crippen molar-refractivity contribution in [3.8, 4) is 0 Å². The van der Waals surface area contributed by atoms with Crippen molar-refractivity contribution in [2.45, 2.75) is 98.1 Å². The van der Waals surface area contributed by atoms with Crippen LogP contribution in [0.2, 0.25) is 0 Å². The highest BCUT2D eigenvalue weighted by molar-refractivity contribution is 8.00. The summed E-state index contributed by atoms with van der Waals surface area (Å²) in [6, 6.07) is 19.0. The van der Waals surface area contributed by atoms with E-state index < -0.39 is 0 Å². The van der Waals surface area contributed by atoms with Gasteiger partial charge in [0, 0.05) is 19.6 Å². The molecule has 0 bridgehead atoms. The molecule has 0 amide bonds. The first-order valence-corrected chi connectivity index (χ1v) is 13.5. The average molecular weight is 474 g/mol. The minimum Gasteiger partial charge on any atom is -0.306 e. The van der Waals surface area contributed by atoms with Crippen molar-refractivity contribution in [3.05, 3.63) is 65.2 Å². The number of benzene rings is 3. The number of hydrogen-bond donors (Lipinski definition) is 0. The molecule has 3 heteroatoms. The normalized spacial score (nSPS) is 15.1. The van der Waals surface area contributed by atoms with Gasteiger partial charge in [0.15, 0.2) is 0 Å². The van der Waals surface area contributed by atoms with Gasteiger partial charge in [-0.1, -0.05) is 98.0 Å². The van der Waals surface area contributed by atoms with Crippen molar-refractivity contribution in [2.75, 3.05) is 4.90 Å². The molecule has 0 saturated heterocycles. The van der Waals surface area contributed by atoms with Crippen molar-refractivity contribution < 1.29 is 0 Å². The van der Waals surface area contributed by atoms with E-state index in [4.69, 9.17) is 0 Å². The Bertz CT molecular complexity index is 1180. The number of nitrogens with zero attached hydrogens (tertiary/aromatic N) is 1. The third-order valence-corrected chi connectivity index (χ3v) is 8.86. The van der Waals surface area contributed by atoms with Crippen molar-refractivity contribution in [3.63, 3.8) is 0 Å². The molecule has 2 aliphatic rings. The van der Waals surface area contributed by atoms with Crippen LogP contribution in [0.5, 0.6) is 0 Å². The maximum atomic E-state index is 2.52. The van der Waals surface area contributed by atoms with E-state index in [9.17, 15) is 0 Å². The van der Waals surface area contributed by atoms with Gasteiger partial charge in [-0.25, -0.2) is 0 Å². The minimum atomic E-state index is 0.110. The molecule has 0 spiro atoms. The van der Waals surface area contributed by atoms with E-state index in [1.807, 2.05) is 23.5 Å². The van der Waals surface area contributed by atoms with Crippen LogP contribution in [-0.2, 0) is 16.2 Å². The van der Waals surface area contributed by atoms with Gasteiger partial charge in [0.05, 0.1) is 17.1 Å². The fourth-order valence-corrected chi connectivity index (χ4v) is 6.90. The molecule has 2 heterocycles. The molecule has 172 valence electrons. The molecule has 0 aromatic heterocycles. The Hall–Kier alpha value is -1.84. The predicted molar refractivity (Wildman–Crippen MR) is 145 cm³/mol. The molecule has 0 saturated carbocycles. The SMILES string of the molecule is CC(C)(C)c1ccc2c(c1)Sc1cc(C(C)(C)C)cc3c1N2c1ccc(C(C)(C)C)cc1S3. The van der Waals surface area contributed by atoms with Crippen molar-refractivity contribution in [1.82, 2.24) is 0 Å². The quantitative estimate of drug-likeness (QED) is 0.220. The van der Waals surface area contributed by atoms with Crippen molar-refractivity contribution in [2.24, 2.45) is 0 Å². The van der Waals surface area contributed by atoms with Gasteiger partial charge in [-0.3, -0.25) is 0 Å². The lowest BCUT2D eigenvalue weighted by molar-refractivity contribution is 0.586. The molecular formula is C30H35NS2. The third-order valence-electron chi connectivity index (χ3n) is 6.70. The second kappa shape index (κ2) is 7.33. The fraction of sp³-hybridized carbons (Fsp3) is 0.400. The molecule has 3 aromatic rings. The van der Waals surface area contributed by atoms with E-state index in [1.165, 1.54) is 53.3 Å². The fourth-order valence-electron chi connectivity index (χ4n) is 4.49. The average Bonchev–Trinajstić information content (AvgIpc) is 2.70. The highest BCUT2D eigenvalue weighted by Gasteiger charge is 2.35. The van der Waals surface area contributed by atoms with Gasteiger partial charge in [0.25, 0.3) is 0 Å². The van der Waals surface area contributed by atoms with E-state index in [1.54, 1.807) is 0 Å². The highest BCUT2D eigenvalue weighted by Crippen LogP contribution is 2.61. The van der Waals surface area contributed by atoms with Gasteiger partial charge in [-0.05, 0) is 69.3 Å². The van der Waals surface area contributed by atoms with E-state index in [-0.39, 0.29) is 16.2 Å². The Morgan fingerprint density at radius 1 is 0.485 bits per heavy atom. The summed E-state index contributed by atoms with van der Waals surface area (Å²) in [6.45, 7) is 20.7.